The van der Waals surface area contributed by atoms with Gasteiger partial charge in [-0.05, 0) is 49.4 Å². The highest BCUT2D eigenvalue weighted by Gasteiger charge is 2.61. The average molecular weight is 491 g/mol. The molecule has 1 saturated carbocycles. The van der Waals surface area contributed by atoms with Gasteiger partial charge in [0, 0.05) is 30.0 Å². The Bertz CT molecular complexity index is 1210. The van der Waals surface area contributed by atoms with Crippen molar-refractivity contribution in [2.45, 2.75) is 50.8 Å². The van der Waals surface area contributed by atoms with E-state index in [1.165, 1.54) is 18.2 Å². The van der Waals surface area contributed by atoms with Crippen LogP contribution in [0.15, 0.2) is 42.5 Å². The Kier molecular flexibility index (Phi) is 5.98. The van der Waals surface area contributed by atoms with Crippen molar-refractivity contribution in [3.05, 3.63) is 59.7 Å². The SMILES string of the molecule is CCS(=O)(=O)N[C@@H]1[C@H](Cc2cccc(-c3cccc(F)c3)c2F)N(C(=O)[C@H]2CCO2)CC12CC2. The lowest BCUT2D eigenvalue weighted by molar-refractivity contribution is -0.157. The molecule has 2 aliphatic heterocycles. The highest BCUT2D eigenvalue weighted by Crippen LogP contribution is 2.56. The van der Waals surface area contributed by atoms with Crippen molar-refractivity contribution in [2.24, 2.45) is 5.41 Å². The number of ether oxygens (including phenoxy) is 1. The molecule has 1 aliphatic carbocycles. The number of hydrogen-bond acceptors (Lipinski definition) is 4. The second-order valence-electron chi connectivity index (χ2n) is 9.54. The Morgan fingerprint density at radius 3 is 2.56 bits per heavy atom. The van der Waals surface area contributed by atoms with Crippen LogP contribution in [0.2, 0.25) is 0 Å². The highest BCUT2D eigenvalue weighted by atomic mass is 32.2. The van der Waals surface area contributed by atoms with E-state index in [-0.39, 0.29) is 29.1 Å². The van der Waals surface area contributed by atoms with E-state index in [0.29, 0.717) is 30.7 Å². The van der Waals surface area contributed by atoms with Gasteiger partial charge in [-0.3, -0.25) is 4.79 Å². The van der Waals surface area contributed by atoms with Gasteiger partial charge in [0.25, 0.3) is 5.91 Å². The quantitative estimate of drug-likeness (QED) is 0.647. The van der Waals surface area contributed by atoms with Crippen LogP contribution in [0.5, 0.6) is 0 Å². The minimum absolute atomic E-state index is 0.0740. The van der Waals surface area contributed by atoms with Crippen LogP contribution in [-0.4, -0.2) is 56.3 Å². The number of likely N-dealkylation sites (tertiary alicyclic amines) is 1. The smallest absolute Gasteiger partial charge is 0.252 e. The Labute approximate surface area is 198 Å². The summed E-state index contributed by atoms with van der Waals surface area (Å²) in [7, 11) is -3.54. The number of halogens is 2. The van der Waals surface area contributed by atoms with Crippen molar-refractivity contribution in [2.75, 3.05) is 18.9 Å². The maximum absolute atomic E-state index is 15.7. The molecule has 1 amide bonds. The van der Waals surface area contributed by atoms with Gasteiger partial charge in [-0.1, -0.05) is 30.3 Å². The molecule has 0 radical (unpaired) electrons. The van der Waals surface area contributed by atoms with E-state index in [0.717, 1.165) is 12.8 Å². The summed E-state index contributed by atoms with van der Waals surface area (Å²) in [5, 5.41) is 0. The van der Waals surface area contributed by atoms with Crippen LogP contribution >= 0.6 is 0 Å². The number of amides is 1. The summed E-state index contributed by atoms with van der Waals surface area (Å²) in [5.41, 5.74) is 0.714. The van der Waals surface area contributed by atoms with Crippen LogP contribution in [0.3, 0.4) is 0 Å². The molecule has 6 nitrogen and oxygen atoms in total. The molecule has 0 aromatic heterocycles. The Hall–Kier alpha value is -2.36. The summed E-state index contributed by atoms with van der Waals surface area (Å²) >= 11 is 0. The predicted molar refractivity (Wildman–Crippen MR) is 123 cm³/mol. The molecule has 2 saturated heterocycles. The molecular formula is C25H28F2N2O4S. The fourth-order valence-electron chi connectivity index (χ4n) is 5.18. The number of nitrogens with one attached hydrogen (secondary N) is 1. The maximum atomic E-state index is 15.7. The van der Waals surface area contributed by atoms with Crippen molar-refractivity contribution in [3.63, 3.8) is 0 Å². The molecule has 3 fully saturated rings. The number of carbonyl (C=O) groups excluding carboxylic acids is 1. The molecule has 1 N–H and O–H groups in total. The van der Waals surface area contributed by atoms with Crippen LogP contribution in [0, 0.1) is 17.0 Å². The first-order chi connectivity index (χ1) is 16.2. The van der Waals surface area contributed by atoms with E-state index in [4.69, 9.17) is 4.74 Å². The van der Waals surface area contributed by atoms with E-state index in [9.17, 15) is 17.6 Å². The van der Waals surface area contributed by atoms with Crippen molar-refractivity contribution in [3.8, 4) is 11.1 Å². The first kappa shape index (κ1) is 23.4. The van der Waals surface area contributed by atoms with Crippen LogP contribution in [0.1, 0.15) is 31.7 Å². The largest absolute Gasteiger partial charge is 0.368 e. The van der Waals surface area contributed by atoms with Gasteiger partial charge in [-0.15, -0.1) is 0 Å². The number of carbonyl (C=O) groups is 1. The van der Waals surface area contributed by atoms with Gasteiger partial charge < -0.3 is 9.64 Å². The number of benzene rings is 2. The summed E-state index contributed by atoms with van der Waals surface area (Å²) in [4.78, 5) is 14.9. The zero-order chi connectivity index (χ0) is 24.1. The highest BCUT2D eigenvalue weighted by molar-refractivity contribution is 7.89. The molecule has 5 rings (SSSR count). The van der Waals surface area contributed by atoms with Crippen LogP contribution in [0.25, 0.3) is 11.1 Å². The van der Waals surface area contributed by atoms with Crippen molar-refractivity contribution < 1.29 is 26.7 Å². The van der Waals surface area contributed by atoms with Gasteiger partial charge in [0.15, 0.2) is 0 Å². The topological polar surface area (TPSA) is 75.7 Å². The van der Waals surface area contributed by atoms with Crippen LogP contribution in [0.4, 0.5) is 8.78 Å². The monoisotopic (exact) mass is 490 g/mol. The van der Waals surface area contributed by atoms with Gasteiger partial charge >= 0.3 is 0 Å². The van der Waals surface area contributed by atoms with Gasteiger partial charge in [-0.25, -0.2) is 21.9 Å². The molecule has 0 bridgehead atoms. The molecule has 3 atom stereocenters. The normalized spacial score (nSPS) is 25.4. The zero-order valence-corrected chi connectivity index (χ0v) is 19.8. The Morgan fingerprint density at radius 2 is 1.94 bits per heavy atom. The summed E-state index contributed by atoms with van der Waals surface area (Å²) < 4.78 is 62.7. The van der Waals surface area contributed by atoms with Crippen LogP contribution in [-0.2, 0) is 26.0 Å². The molecule has 0 unspecified atom stereocenters. The molecule has 9 heteroatoms. The van der Waals surface area contributed by atoms with Crippen molar-refractivity contribution >= 4 is 15.9 Å². The van der Waals surface area contributed by atoms with E-state index in [1.54, 1.807) is 36.1 Å². The zero-order valence-electron chi connectivity index (χ0n) is 19.0. The van der Waals surface area contributed by atoms with Gasteiger partial charge in [0.05, 0.1) is 18.4 Å². The third kappa shape index (κ3) is 4.25. The van der Waals surface area contributed by atoms with E-state index in [1.807, 2.05) is 0 Å². The van der Waals surface area contributed by atoms with Gasteiger partial charge in [-0.2, -0.15) is 0 Å². The maximum Gasteiger partial charge on any atom is 0.252 e. The second kappa shape index (κ2) is 8.70. The standard InChI is InChI=1S/C25H28F2N2O4S/c1-2-34(31,32)28-23-20(29(15-25(23)10-11-25)24(30)21-9-12-33-21)14-17-6-4-8-19(22(17)27)16-5-3-7-18(26)13-16/h3-8,13,20-21,23,28H,2,9-12,14-15H2,1H3/t20-,21+,23+/m0/s1. The summed E-state index contributed by atoms with van der Waals surface area (Å²) in [6.07, 6.45) is 1.86. The minimum Gasteiger partial charge on any atom is -0.368 e. The van der Waals surface area contributed by atoms with Crippen molar-refractivity contribution in [1.29, 1.82) is 0 Å². The second-order valence-corrected chi connectivity index (χ2v) is 11.6. The van der Waals surface area contributed by atoms with Gasteiger partial charge in [0.1, 0.15) is 17.7 Å². The number of nitrogens with zero attached hydrogens (tertiary/aromatic N) is 1. The lowest BCUT2D eigenvalue weighted by atomic mass is 9.91. The molecular weight excluding hydrogens is 462 g/mol. The van der Waals surface area contributed by atoms with E-state index < -0.39 is 39.8 Å². The van der Waals surface area contributed by atoms with Crippen molar-refractivity contribution in [1.82, 2.24) is 9.62 Å². The van der Waals surface area contributed by atoms with Gasteiger partial charge in [0.2, 0.25) is 10.0 Å². The lowest BCUT2D eigenvalue weighted by Crippen LogP contribution is -2.53. The molecule has 2 aromatic carbocycles. The first-order valence-electron chi connectivity index (χ1n) is 11.7. The third-order valence-corrected chi connectivity index (χ3v) is 8.78. The Morgan fingerprint density at radius 1 is 1.21 bits per heavy atom. The van der Waals surface area contributed by atoms with E-state index >= 15 is 4.39 Å². The Balaban J connectivity index is 1.51. The predicted octanol–water partition coefficient (Wildman–Crippen LogP) is 3.26. The summed E-state index contributed by atoms with van der Waals surface area (Å²) in [6, 6.07) is 9.63. The fraction of sp³-hybridized carbons (Fsp3) is 0.480. The molecule has 3 aliphatic rings. The summed E-state index contributed by atoms with van der Waals surface area (Å²) in [6.45, 7) is 2.52. The third-order valence-electron chi connectivity index (χ3n) is 7.41. The van der Waals surface area contributed by atoms with E-state index in [2.05, 4.69) is 4.72 Å². The number of sulfonamides is 1. The fourth-order valence-corrected chi connectivity index (χ4v) is 6.14. The number of rotatable bonds is 7. The number of hydrogen-bond donors (Lipinski definition) is 1. The molecule has 182 valence electrons. The molecule has 1 spiro atoms. The average Bonchev–Trinajstić information content (AvgIpc) is 3.49. The lowest BCUT2D eigenvalue weighted by Gasteiger charge is -2.34. The minimum atomic E-state index is -3.54. The van der Waals surface area contributed by atoms with Crippen LogP contribution < -0.4 is 4.72 Å². The molecule has 34 heavy (non-hydrogen) atoms. The molecule has 2 aromatic rings. The first-order valence-corrected chi connectivity index (χ1v) is 13.3. The summed E-state index contributed by atoms with van der Waals surface area (Å²) in [5.74, 6) is -1.19. The molecule has 2 heterocycles.